The second-order valence-corrected chi connectivity index (χ2v) is 5.03. The molecule has 2 heteroatoms. The first-order valence-electron chi connectivity index (χ1n) is 6.83. The smallest absolute Gasteiger partial charge is 0.00683 e. The molecule has 2 N–H and O–H groups in total. The molecule has 0 atom stereocenters. The Kier molecular flexibility index (Phi) is 5.02. The minimum absolute atomic E-state index is 0.739. The second kappa shape index (κ2) is 6.77. The lowest BCUT2D eigenvalue weighted by atomic mass is 9.91. The van der Waals surface area contributed by atoms with Crippen molar-refractivity contribution < 1.29 is 0 Å². The Morgan fingerprint density at radius 3 is 2.29 bits per heavy atom. The molecule has 1 aliphatic carbocycles. The lowest BCUT2D eigenvalue weighted by Gasteiger charge is -2.29. The van der Waals surface area contributed by atoms with E-state index in [1.165, 1.54) is 31.2 Å². The summed E-state index contributed by atoms with van der Waals surface area (Å²) in [6, 6.07) is 12.2. The van der Waals surface area contributed by atoms with Gasteiger partial charge in [0.1, 0.15) is 0 Å². The van der Waals surface area contributed by atoms with Gasteiger partial charge in [-0.15, -0.1) is 0 Å². The lowest BCUT2D eigenvalue weighted by Crippen LogP contribution is -2.39. The van der Waals surface area contributed by atoms with Crippen LogP contribution in [0.25, 0.3) is 0 Å². The molecule has 1 aliphatic rings. The zero-order valence-electron chi connectivity index (χ0n) is 10.8. The summed E-state index contributed by atoms with van der Waals surface area (Å²) in [7, 11) is 2.08. The molecular formula is C15H24N2. The van der Waals surface area contributed by atoms with Crippen molar-refractivity contribution in [3.63, 3.8) is 0 Å². The highest BCUT2D eigenvalue weighted by Gasteiger charge is 2.18. The Hall–Kier alpha value is -0.860. The monoisotopic (exact) mass is 232 g/mol. The van der Waals surface area contributed by atoms with Gasteiger partial charge in [-0.3, -0.25) is 0 Å². The highest BCUT2D eigenvalue weighted by Crippen LogP contribution is 2.18. The third kappa shape index (κ3) is 4.14. The maximum absolute atomic E-state index is 3.69. The van der Waals surface area contributed by atoms with Crippen LogP contribution in [-0.4, -0.2) is 25.7 Å². The molecule has 0 amide bonds. The average Bonchev–Trinajstić information content (AvgIpc) is 2.41. The van der Waals surface area contributed by atoms with Crippen molar-refractivity contribution in [2.24, 2.45) is 0 Å². The van der Waals surface area contributed by atoms with Gasteiger partial charge in [0.05, 0.1) is 0 Å². The van der Waals surface area contributed by atoms with Gasteiger partial charge in [-0.05, 0) is 51.3 Å². The van der Waals surface area contributed by atoms with Crippen molar-refractivity contribution in [3.8, 4) is 0 Å². The standard InChI is InChI=1S/C15H24N2/c1-16-14-7-9-15(10-8-14)17-12-11-13-5-3-2-4-6-13/h2-6,14-17H,7-12H2,1H3. The molecule has 1 saturated carbocycles. The highest BCUT2D eigenvalue weighted by atomic mass is 14.9. The Bertz CT molecular complexity index is 302. The van der Waals surface area contributed by atoms with Crippen molar-refractivity contribution in [2.45, 2.75) is 44.2 Å². The van der Waals surface area contributed by atoms with E-state index < -0.39 is 0 Å². The van der Waals surface area contributed by atoms with Gasteiger partial charge in [0.25, 0.3) is 0 Å². The van der Waals surface area contributed by atoms with Crippen LogP contribution in [0.5, 0.6) is 0 Å². The fourth-order valence-electron chi connectivity index (χ4n) is 2.65. The summed E-state index contributed by atoms with van der Waals surface area (Å²) >= 11 is 0. The molecule has 2 rings (SSSR count). The van der Waals surface area contributed by atoms with E-state index in [-0.39, 0.29) is 0 Å². The van der Waals surface area contributed by atoms with E-state index in [0.29, 0.717) is 0 Å². The topological polar surface area (TPSA) is 24.1 Å². The molecule has 94 valence electrons. The quantitative estimate of drug-likeness (QED) is 0.814. The molecule has 2 nitrogen and oxygen atoms in total. The fraction of sp³-hybridized carbons (Fsp3) is 0.600. The maximum Gasteiger partial charge on any atom is 0.00683 e. The van der Waals surface area contributed by atoms with Crippen molar-refractivity contribution >= 4 is 0 Å². The third-order valence-corrected chi connectivity index (χ3v) is 3.82. The van der Waals surface area contributed by atoms with Crippen LogP contribution in [0.2, 0.25) is 0 Å². The molecular weight excluding hydrogens is 208 g/mol. The van der Waals surface area contributed by atoms with E-state index in [1.807, 2.05) is 0 Å². The van der Waals surface area contributed by atoms with E-state index in [2.05, 4.69) is 48.0 Å². The summed E-state index contributed by atoms with van der Waals surface area (Å²) in [5.41, 5.74) is 1.43. The van der Waals surface area contributed by atoms with Crippen LogP contribution in [0.15, 0.2) is 30.3 Å². The molecule has 0 bridgehead atoms. The Labute approximate surface area is 105 Å². The highest BCUT2D eigenvalue weighted by molar-refractivity contribution is 5.14. The molecule has 0 spiro atoms. The number of nitrogens with one attached hydrogen (secondary N) is 2. The van der Waals surface area contributed by atoms with Crippen molar-refractivity contribution in [2.75, 3.05) is 13.6 Å². The van der Waals surface area contributed by atoms with Gasteiger partial charge < -0.3 is 10.6 Å². The SMILES string of the molecule is CNC1CCC(NCCc2ccccc2)CC1. The van der Waals surface area contributed by atoms with Gasteiger partial charge in [-0.1, -0.05) is 30.3 Å². The van der Waals surface area contributed by atoms with Crippen molar-refractivity contribution in [1.29, 1.82) is 0 Å². The van der Waals surface area contributed by atoms with E-state index in [0.717, 1.165) is 25.0 Å². The molecule has 0 heterocycles. The van der Waals surface area contributed by atoms with Gasteiger partial charge >= 0.3 is 0 Å². The van der Waals surface area contributed by atoms with E-state index in [9.17, 15) is 0 Å². The van der Waals surface area contributed by atoms with Crippen LogP contribution in [-0.2, 0) is 6.42 Å². The summed E-state index contributed by atoms with van der Waals surface area (Å²) in [6.45, 7) is 1.11. The minimum atomic E-state index is 0.739. The maximum atomic E-state index is 3.69. The summed E-state index contributed by atoms with van der Waals surface area (Å²) in [4.78, 5) is 0. The fourth-order valence-corrected chi connectivity index (χ4v) is 2.65. The van der Waals surface area contributed by atoms with Gasteiger partial charge in [-0.2, -0.15) is 0 Å². The van der Waals surface area contributed by atoms with Gasteiger partial charge in [-0.25, -0.2) is 0 Å². The van der Waals surface area contributed by atoms with E-state index >= 15 is 0 Å². The van der Waals surface area contributed by atoms with Crippen LogP contribution in [0, 0.1) is 0 Å². The Balaban J connectivity index is 1.63. The summed E-state index contributed by atoms with van der Waals surface area (Å²) in [5.74, 6) is 0. The van der Waals surface area contributed by atoms with Gasteiger partial charge in [0, 0.05) is 12.1 Å². The summed E-state index contributed by atoms with van der Waals surface area (Å²) in [5, 5.41) is 7.07. The lowest BCUT2D eigenvalue weighted by molar-refractivity contribution is 0.319. The average molecular weight is 232 g/mol. The number of hydrogen-bond acceptors (Lipinski definition) is 2. The van der Waals surface area contributed by atoms with E-state index in [1.54, 1.807) is 0 Å². The molecule has 1 aromatic carbocycles. The van der Waals surface area contributed by atoms with Crippen molar-refractivity contribution in [3.05, 3.63) is 35.9 Å². The predicted octanol–water partition coefficient (Wildman–Crippen LogP) is 2.35. The van der Waals surface area contributed by atoms with Crippen LogP contribution >= 0.6 is 0 Å². The van der Waals surface area contributed by atoms with Crippen LogP contribution in [0.4, 0.5) is 0 Å². The normalized spacial score (nSPS) is 24.8. The Morgan fingerprint density at radius 1 is 1.00 bits per heavy atom. The van der Waals surface area contributed by atoms with Gasteiger partial charge in [0.15, 0.2) is 0 Å². The zero-order chi connectivity index (χ0) is 11.9. The number of rotatable bonds is 5. The second-order valence-electron chi connectivity index (χ2n) is 5.03. The number of hydrogen-bond donors (Lipinski definition) is 2. The third-order valence-electron chi connectivity index (χ3n) is 3.82. The van der Waals surface area contributed by atoms with Gasteiger partial charge in [0.2, 0.25) is 0 Å². The van der Waals surface area contributed by atoms with Crippen LogP contribution in [0.1, 0.15) is 31.2 Å². The first-order valence-corrected chi connectivity index (χ1v) is 6.83. The molecule has 0 aliphatic heterocycles. The predicted molar refractivity (Wildman–Crippen MR) is 73.3 cm³/mol. The molecule has 0 saturated heterocycles. The van der Waals surface area contributed by atoms with E-state index in [4.69, 9.17) is 0 Å². The largest absolute Gasteiger partial charge is 0.317 e. The molecule has 1 fully saturated rings. The molecule has 17 heavy (non-hydrogen) atoms. The van der Waals surface area contributed by atoms with Crippen molar-refractivity contribution in [1.82, 2.24) is 10.6 Å². The van der Waals surface area contributed by atoms with Crippen LogP contribution in [0.3, 0.4) is 0 Å². The zero-order valence-corrected chi connectivity index (χ0v) is 10.8. The minimum Gasteiger partial charge on any atom is -0.317 e. The first kappa shape index (κ1) is 12.6. The molecule has 1 aromatic rings. The van der Waals surface area contributed by atoms with Crippen LogP contribution < -0.4 is 10.6 Å². The molecule has 0 unspecified atom stereocenters. The molecule has 0 radical (unpaired) electrons. The molecule has 0 aromatic heterocycles. The summed E-state index contributed by atoms with van der Waals surface area (Å²) < 4.78 is 0. The Morgan fingerprint density at radius 2 is 1.65 bits per heavy atom. The first-order chi connectivity index (χ1) is 8.38. The summed E-state index contributed by atoms with van der Waals surface area (Å²) in [6.07, 6.45) is 6.42. The number of benzene rings is 1.